The van der Waals surface area contributed by atoms with E-state index in [9.17, 15) is 13.2 Å². The van der Waals surface area contributed by atoms with Gasteiger partial charge in [0.05, 0.1) is 30.4 Å². The molecule has 9 heteroatoms. The van der Waals surface area contributed by atoms with E-state index < -0.39 is 9.84 Å². The number of ether oxygens (including phenoxy) is 1. The number of imidazole rings is 1. The Hall–Kier alpha value is -2.23. The third-order valence-corrected chi connectivity index (χ3v) is 7.64. The van der Waals surface area contributed by atoms with Crippen LogP contribution in [-0.2, 0) is 21.1 Å². The number of aromatic nitrogens is 2. The first kappa shape index (κ1) is 21.0. The number of aryl methyl sites for hydroxylation is 1. The van der Waals surface area contributed by atoms with Gasteiger partial charge in [-0.1, -0.05) is 12.1 Å². The number of pyridine rings is 1. The number of hydrogen-bond acceptors (Lipinski definition) is 6. The molecule has 1 atom stereocenters. The monoisotopic (exact) mass is 432 g/mol. The van der Waals surface area contributed by atoms with E-state index >= 15 is 0 Å². The van der Waals surface area contributed by atoms with Gasteiger partial charge < -0.3 is 14.0 Å². The maximum Gasteiger partial charge on any atom is 0.274 e. The van der Waals surface area contributed by atoms with Gasteiger partial charge in [-0.05, 0) is 25.0 Å². The molecule has 0 saturated carbocycles. The average Bonchev–Trinajstić information content (AvgIpc) is 3.29. The molecule has 8 nitrogen and oxygen atoms in total. The second-order valence-electron chi connectivity index (χ2n) is 7.97. The van der Waals surface area contributed by atoms with Crippen molar-refractivity contribution in [3.8, 4) is 0 Å². The summed E-state index contributed by atoms with van der Waals surface area (Å²) in [4.78, 5) is 21.9. The maximum atomic E-state index is 13.3. The number of hydrogen-bond donors (Lipinski definition) is 0. The Bertz CT molecular complexity index is 1060. The molecule has 0 aliphatic carbocycles. The molecule has 0 unspecified atom stereocenters. The number of amides is 1. The number of fused-ring (bicyclic) bond motifs is 1. The Morgan fingerprint density at radius 1 is 1.40 bits per heavy atom. The van der Waals surface area contributed by atoms with Crippen LogP contribution in [0, 0.1) is 6.92 Å². The number of carbonyl (C=O) groups is 1. The topological polar surface area (TPSA) is 84.2 Å². The van der Waals surface area contributed by atoms with Crippen LogP contribution in [-0.4, -0.2) is 83.9 Å². The summed E-state index contributed by atoms with van der Waals surface area (Å²) in [6, 6.07) is 3.82. The summed E-state index contributed by atoms with van der Waals surface area (Å²) in [6.07, 6.45) is 4.29. The van der Waals surface area contributed by atoms with Gasteiger partial charge in [-0.2, -0.15) is 0 Å². The molecule has 4 heterocycles. The van der Waals surface area contributed by atoms with Crippen molar-refractivity contribution in [3.63, 3.8) is 0 Å². The van der Waals surface area contributed by atoms with E-state index in [1.807, 2.05) is 29.7 Å². The number of rotatable bonds is 6. The highest BCUT2D eigenvalue weighted by molar-refractivity contribution is 7.91. The van der Waals surface area contributed by atoms with Gasteiger partial charge in [0.25, 0.3) is 5.91 Å². The predicted molar refractivity (Wildman–Crippen MR) is 114 cm³/mol. The van der Waals surface area contributed by atoms with Crippen molar-refractivity contribution >= 4 is 21.4 Å². The highest BCUT2D eigenvalue weighted by atomic mass is 32.2. The molecule has 0 radical (unpaired) electrons. The minimum Gasteiger partial charge on any atom is -0.378 e. The fourth-order valence-electron chi connectivity index (χ4n) is 4.26. The highest BCUT2D eigenvalue weighted by Gasteiger charge is 2.34. The molecule has 2 fully saturated rings. The first-order valence-corrected chi connectivity index (χ1v) is 12.1. The summed E-state index contributed by atoms with van der Waals surface area (Å²) >= 11 is 0. The van der Waals surface area contributed by atoms with E-state index in [0.29, 0.717) is 51.5 Å². The Labute approximate surface area is 177 Å². The van der Waals surface area contributed by atoms with Crippen LogP contribution in [0.5, 0.6) is 0 Å². The van der Waals surface area contributed by atoms with Crippen molar-refractivity contribution in [2.24, 2.45) is 0 Å². The van der Waals surface area contributed by atoms with Crippen molar-refractivity contribution in [1.82, 2.24) is 19.2 Å². The number of sulfone groups is 1. The van der Waals surface area contributed by atoms with Gasteiger partial charge in [0.2, 0.25) is 0 Å². The van der Waals surface area contributed by atoms with Crippen molar-refractivity contribution in [3.05, 3.63) is 47.9 Å². The van der Waals surface area contributed by atoms with Crippen LogP contribution in [0.3, 0.4) is 0 Å². The van der Waals surface area contributed by atoms with E-state index in [1.165, 1.54) is 0 Å². The SMILES string of the molecule is C=CCN(Cc1c(C(=O)N2CCOCC2)nc2c(C)cccn12)[C@H]1CCS(=O)(=O)C1. The molecule has 0 bridgehead atoms. The lowest BCUT2D eigenvalue weighted by Crippen LogP contribution is -2.42. The van der Waals surface area contributed by atoms with Crippen LogP contribution in [0.2, 0.25) is 0 Å². The summed E-state index contributed by atoms with van der Waals surface area (Å²) in [6.45, 7) is 8.93. The van der Waals surface area contributed by atoms with E-state index in [-0.39, 0.29) is 23.5 Å². The molecule has 0 aromatic carbocycles. The lowest BCUT2D eigenvalue weighted by atomic mass is 10.2. The third kappa shape index (κ3) is 4.14. The zero-order valence-electron chi connectivity index (χ0n) is 17.3. The molecular weight excluding hydrogens is 404 g/mol. The molecule has 0 N–H and O–H groups in total. The summed E-state index contributed by atoms with van der Waals surface area (Å²) in [5.74, 6) is 0.245. The standard InChI is InChI=1S/C21H28N4O4S/c1-3-7-24(17-6-13-30(27,28)15-17)14-18-19(21(26)23-9-11-29-12-10-23)22-20-16(2)5-4-8-25(18)20/h3-5,8,17H,1,6-7,9-15H2,2H3/t17-/m0/s1. The fraction of sp³-hybridized carbons (Fsp3) is 0.524. The third-order valence-electron chi connectivity index (χ3n) is 5.89. The second-order valence-corrected chi connectivity index (χ2v) is 10.2. The summed E-state index contributed by atoms with van der Waals surface area (Å²) < 4.78 is 31.4. The molecule has 2 aromatic heterocycles. The van der Waals surface area contributed by atoms with Crippen LogP contribution in [0.4, 0.5) is 0 Å². The van der Waals surface area contributed by atoms with Gasteiger partial charge in [0.1, 0.15) is 5.65 Å². The highest BCUT2D eigenvalue weighted by Crippen LogP contribution is 2.24. The van der Waals surface area contributed by atoms with E-state index in [1.54, 1.807) is 11.0 Å². The van der Waals surface area contributed by atoms with Crippen LogP contribution in [0.15, 0.2) is 31.0 Å². The minimum absolute atomic E-state index is 0.0882. The molecule has 1 amide bonds. The normalized spacial score (nSPS) is 21.4. The minimum atomic E-state index is -3.02. The first-order chi connectivity index (χ1) is 14.4. The summed E-state index contributed by atoms with van der Waals surface area (Å²) in [7, 11) is -3.02. The second kappa shape index (κ2) is 8.49. The average molecular weight is 433 g/mol. The molecule has 2 aliphatic rings. The Kier molecular flexibility index (Phi) is 5.95. The summed E-state index contributed by atoms with van der Waals surface area (Å²) in [5.41, 5.74) is 2.96. The van der Waals surface area contributed by atoms with Gasteiger partial charge in [-0.15, -0.1) is 6.58 Å². The number of nitrogens with zero attached hydrogens (tertiary/aromatic N) is 4. The zero-order valence-corrected chi connectivity index (χ0v) is 18.1. The molecule has 162 valence electrons. The first-order valence-electron chi connectivity index (χ1n) is 10.3. The molecule has 4 rings (SSSR count). The van der Waals surface area contributed by atoms with Crippen molar-refractivity contribution in [1.29, 1.82) is 0 Å². The Balaban J connectivity index is 1.73. The van der Waals surface area contributed by atoms with Gasteiger partial charge in [-0.3, -0.25) is 9.69 Å². The van der Waals surface area contributed by atoms with Crippen molar-refractivity contribution < 1.29 is 17.9 Å². The predicted octanol–water partition coefficient (Wildman–Crippen LogP) is 1.29. The maximum absolute atomic E-state index is 13.3. The number of carbonyl (C=O) groups excluding carboxylic acids is 1. The van der Waals surface area contributed by atoms with Crippen LogP contribution < -0.4 is 0 Å². The lowest BCUT2D eigenvalue weighted by molar-refractivity contribution is 0.0297. The van der Waals surface area contributed by atoms with E-state index in [4.69, 9.17) is 9.72 Å². The largest absolute Gasteiger partial charge is 0.378 e. The smallest absolute Gasteiger partial charge is 0.274 e. The van der Waals surface area contributed by atoms with Gasteiger partial charge >= 0.3 is 0 Å². The molecule has 2 saturated heterocycles. The number of morpholine rings is 1. The molecule has 2 aromatic rings. The van der Waals surface area contributed by atoms with Crippen LogP contribution in [0.1, 0.15) is 28.2 Å². The Morgan fingerprint density at radius 2 is 2.17 bits per heavy atom. The van der Waals surface area contributed by atoms with Crippen LogP contribution >= 0.6 is 0 Å². The van der Waals surface area contributed by atoms with Gasteiger partial charge in [-0.25, -0.2) is 13.4 Å². The van der Waals surface area contributed by atoms with Crippen molar-refractivity contribution in [2.75, 3.05) is 44.4 Å². The lowest BCUT2D eigenvalue weighted by Gasteiger charge is -2.28. The molecule has 0 spiro atoms. The molecular formula is C21H28N4O4S. The van der Waals surface area contributed by atoms with Gasteiger partial charge in [0, 0.05) is 38.4 Å². The van der Waals surface area contributed by atoms with Gasteiger partial charge in [0.15, 0.2) is 15.5 Å². The quantitative estimate of drug-likeness (QED) is 0.640. The Morgan fingerprint density at radius 3 is 2.83 bits per heavy atom. The fourth-order valence-corrected chi connectivity index (χ4v) is 6.02. The van der Waals surface area contributed by atoms with E-state index in [0.717, 1.165) is 16.9 Å². The molecule has 2 aliphatic heterocycles. The zero-order chi connectivity index (χ0) is 21.3. The summed E-state index contributed by atoms with van der Waals surface area (Å²) in [5, 5.41) is 0. The van der Waals surface area contributed by atoms with Crippen LogP contribution in [0.25, 0.3) is 5.65 Å². The van der Waals surface area contributed by atoms with E-state index in [2.05, 4.69) is 11.5 Å². The van der Waals surface area contributed by atoms with Crippen molar-refractivity contribution in [2.45, 2.75) is 25.9 Å². The molecule has 30 heavy (non-hydrogen) atoms.